The Morgan fingerprint density at radius 3 is 2.64 bits per heavy atom. The molecule has 1 rings (SSSR count). The standard InChI is InChI=1S/C9H10ClF2NO/c1-5(13)4-14-7-3-2-6(10)8(11)9(7)12/h2-3,5H,4,13H2,1H3/t5-/m1/s1. The Morgan fingerprint density at radius 1 is 1.43 bits per heavy atom. The van der Waals surface area contributed by atoms with Crippen molar-refractivity contribution >= 4 is 11.6 Å². The number of rotatable bonds is 3. The molecule has 0 aromatic heterocycles. The zero-order valence-corrected chi connectivity index (χ0v) is 8.31. The van der Waals surface area contributed by atoms with E-state index in [4.69, 9.17) is 22.1 Å². The van der Waals surface area contributed by atoms with Crippen LogP contribution in [0.3, 0.4) is 0 Å². The molecule has 0 spiro atoms. The Morgan fingerprint density at radius 2 is 2.07 bits per heavy atom. The van der Waals surface area contributed by atoms with E-state index in [1.54, 1.807) is 6.92 Å². The largest absolute Gasteiger partial charge is 0.489 e. The summed E-state index contributed by atoms with van der Waals surface area (Å²) in [5, 5.41) is -0.268. The highest BCUT2D eigenvalue weighted by Gasteiger charge is 2.13. The summed E-state index contributed by atoms with van der Waals surface area (Å²) in [4.78, 5) is 0. The molecule has 78 valence electrons. The van der Waals surface area contributed by atoms with Crippen LogP contribution in [0.4, 0.5) is 8.78 Å². The molecule has 0 unspecified atom stereocenters. The number of hydrogen-bond donors (Lipinski definition) is 1. The van der Waals surface area contributed by atoms with E-state index in [0.29, 0.717) is 0 Å². The Bertz CT molecular complexity index is 331. The number of hydrogen-bond acceptors (Lipinski definition) is 2. The molecule has 1 atom stereocenters. The van der Waals surface area contributed by atoms with E-state index in [1.165, 1.54) is 12.1 Å². The SMILES string of the molecule is C[C@@H](N)COc1ccc(Cl)c(F)c1F. The third-order valence-electron chi connectivity index (χ3n) is 1.50. The molecule has 0 radical (unpaired) electrons. The zero-order valence-electron chi connectivity index (χ0n) is 7.56. The Hall–Kier alpha value is -0.870. The third-order valence-corrected chi connectivity index (χ3v) is 1.79. The first-order chi connectivity index (χ1) is 6.52. The maximum absolute atomic E-state index is 13.1. The molecule has 0 aliphatic rings. The van der Waals surface area contributed by atoms with Gasteiger partial charge in [-0.2, -0.15) is 4.39 Å². The van der Waals surface area contributed by atoms with Crippen molar-refractivity contribution < 1.29 is 13.5 Å². The lowest BCUT2D eigenvalue weighted by Crippen LogP contribution is -2.24. The van der Waals surface area contributed by atoms with Crippen LogP contribution in [0, 0.1) is 11.6 Å². The van der Waals surface area contributed by atoms with Gasteiger partial charge in [0.1, 0.15) is 6.61 Å². The minimum Gasteiger partial charge on any atom is -0.489 e. The monoisotopic (exact) mass is 221 g/mol. The van der Waals surface area contributed by atoms with Crippen LogP contribution in [-0.4, -0.2) is 12.6 Å². The first kappa shape index (κ1) is 11.2. The molecule has 14 heavy (non-hydrogen) atoms. The van der Waals surface area contributed by atoms with Crippen LogP contribution in [0.1, 0.15) is 6.92 Å². The summed E-state index contributed by atoms with van der Waals surface area (Å²) in [6, 6.07) is 2.26. The highest BCUT2D eigenvalue weighted by Crippen LogP contribution is 2.25. The summed E-state index contributed by atoms with van der Waals surface area (Å²) in [7, 11) is 0. The van der Waals surface area contributed by atoms with Gasteiger partial charge in [-0.1, -0.05) is 11.6 Å². The van der Waals surface area contributed by atoms with Crippen LogP contribution < -0.4 is 10.5 Å². The summed E-state index contributed by atoms with van der Waals surface area (Å²) >= 11 is 5.35. The Labute approximate surface area is 85.6 Å². The second-order valence-corrected chi connectivity index (χ2v) is 3.37. The van der Waals surface area contributed by atoms with E-state index in [2.05, 4.69) is 0 Å². The van der Waals surface area contributed by atoms with Crippen molar-refractivity contribution in [1.29, 1.82) is 0 Å². The second-order valence-electron chi connectivity index (χ2n) is 2.96. The fourth-order valence-corrected chi connectivity index (χ4v) is 0.987. The van der Waals surface area contributed by atoms with Gasteiger partial charge in [0, 0.05) is 6.04 Å². The molecule has 0 aliphatic heterocycles. The van der Waals surface area contributed by atoms with Gasteiger partial charge in [0.05, 0.1) is 5.02 Å². The van der Waals surface area contributed by atoms with Crippen LogP contribution in [0.2, 0.25) is 5.02 Å². The minimum atomic E-state index is -1.10. The van der Waals surface area contributed by atoms with E-state index >= 15 is 0 Å². The molecule has 1 aromatic rings. The molecule has 0 heterocycles. The molecular weight excluding hydrogens is 212 g/mol. The topological polar surface area (TPSA) is 35.2 Å². The van der Waals surface area contributed by atoms with Crippen LogP contribution in [0.5, 0.6) is 5.75 Å². The van der Waals surface area contributed by atoms with Gasteiger partial charge in [-0.3, -0.25) is 0 Å². The van der Waals surface area contributed by atoms with E-state index < -0.39 is 11.6 Å². The summed E-state index contributed by atoms with van der Waals surface area (Å²) in [5.41, 5.74) is 5.39. The highest BCUT2D eigenvalue weighted by molar-refractivity contribution is 6.30. The summed E-state index contributed by atoms with van der Waals surface area (Å²) in [5.74, 6) is -2.36. The van der Waals surface area contributed by atoms with Crippen molar-refractivity contribution in [1.82, 2.24) is 0 Å². The third kappa shape index (κ3) is 2.56. The van der Waals surface area contributed by atoms with Crippen molar-refractivity contribution in [3.05, 3.63) is 28.8 Å². The van der Waals surface area contributed by atoms with Gasteiger partial charge in [-0.15, -0.1) is 0 Å². The van der Waals surface area contributed by atoms with Gasteiger partial charge in [0.25, 0.3) is 0 Å². The molecule has 5 heteroatoms. The normalized spacial score (nSPS) is 12.6. The van der Waals surface area contributed by atoms with Gasteiger partial charge in [0.2, 0.25) is 5.82 Å². The fraction of sp³-hybridized carbons (Fsp3) is 0.333. The lowest BCUT2D eigenvalue weighted by atomic mass is 10.3. The van der Waals surface area contributed by atoms with Gasteiger partial charge in [0.15, 0.2) is 11.6 Å². The quantitative estimate of drug-likeness (QED) is 0.796. The molecule has 0 fully saturated rings. The second kappa shape index (κ2) is 4.57. The lowest BCUT2D eigenvalue weighted by molar-refractivity contribution is 0.277. The highest BCUT2D eigenvalue weighted by atomic mass is 35.5. The van der Waals surface area contributed by atoms with Crippen molar-refractivity contribution in [2.24, 2.45) is 5.73 Å². The zero-order chi connectivity index (χ0) is 10.7. The summed E-state index contributed by atoms with van der Waals surface area (Å²) < 4.78 is 30.9. The predicted molar refractivity (Wildman–Crippen MR) is 50.5 cm³/mol. The molecule has 0 bridgehead atoms. The fourth-order valence-electron chi connectivity index (χ4n) is 0.841. The van der Waals surface area contributed by atoms with E-state index in [1.807, 2.05) is 0 Å². The lowest BCUT2D eigenvalue weighted by Gasteiger charge is -2.09. The Kier molecular flexibility index (Phi) is 3.66. The maximum Gasteiger partial charge on any atom is 0.202 e. The van der Waals surface area contributed by atoms with Crippen molar-refractivity contribution in [2.45, 2.75) is 13.0 Å². The molecular formula is C9H10ClF2NO. The first-order valence-electron chi connectivity index (χ1n) is 4.04. The van der Waals surface area contributed by atoms with Gasteiger partial charge in [-0.25, -0.2) is 4.39 Å². The van der Waals surface area contributed by atoms with Crippen LogP contribution in [-0.2, 0) is 0 Å². The van der Waals surface area contributed by atoms with Crippen molar-refractivity contribution in [3.63, 3.8) is 0 Å². The van der Waals surface area contributed by atoms with Crippen molar-refractivity contribution in [2.75, 3.05) is 6.61 Å². The minimum absolute atomic E-state index is 0.123. The average molecular weight is 222 g/mol. The van der Waals surface area contributed by atoms with Crippen LogP contribution >= 0.6 is 11.6 Å². The molecule has 0 aliphatic carbocycles. The predicted octanol–water partition coefficient (Wildman–Crippen LogP) is 2.34. The van der Waals surface area contributed by atoms with E-state index in [9.17, 15) is 8.78 Å². The summed E-state index contributed by atoms with van der Waals surface area (Å²) in [6.07, 6.45) is 0. The number of ether oxygens (including phenoxy) is 1. The number of nitrogens with two attached hydrogens (primary N) is 1. The molecule has 0 saturated heterocycles. The van der Waals surface area contributed by atoms with Crippen LogP contribution in [0.15, 0.2) is 12.1 Å². The molecule has 0 saturated carbocycles. The van der Waals surface area contributed by atoms with E-state index in [0.717, 1.165) is 0 Å². The Balaban J connectivity index is 2.83. The first-order valence-corrected chi connectivity index (χ1v) is 4.42. The smallest absolute Gasteiger partial charge is 0.202 e. The maximum atomic E-state index is 13.1. The van der Waals surface area contributed by atoms with Gasteiger partial charge in [-0.05, 0) is 19.1 Å². The molecule has 1 aromatic carbocycles. The average Bonchev–Trinajstić information content (AvgIpc) is 2.13. The number of halogens is 3. The van der Waals surface area contributed by atoms with Gasteiger partial charge >= 0.3 is 0 Å². The van der Waals surface area contributed by atoms with E-state index in [-0.39, 0.29) is 23.4 Å². The van der Waals surface area contributed by atoms with Crippen LogP contribution in [0.25, 0.3) is 0 Å². The number of benzene rings is 1. The molecule has 0 amide bonds. The van der Waals surface area contributed by atoms with Gasteiger partial charge < -0.3 is 10.5 Å². The molecule has 2 nitrogen and oxygen atoms in total. The molecule has 2 N–H and O–H groups in total. The van der Waals surface area contributed by atoms with Crippen molar-refractivity contribution in [3.8, 4) is 5.75 Å². The summed E-state index contributed by atoms with van der Waals surface area (Å²) in [6.45, 7) is 1.82.